The molecule has 0 aromatic carbocycles. The van der Waals surface area contributed by atoms with Crippen molar-refractivity contribution >= 4 is 11.9 Å². The average molecular weight is 298 g/mol. The Morgan fingerprint density at radius 2 is 1.71 bits per heavy atom. The second-order valence-electron chi connectivity index (χ2n) is 7.79. The van der Waals surface area contributed by atoms with E-state index in [0.717, 1.165) is 25.3 Å². The van der Waals surface area contributed by atoms with Crippen LogP contribution in [0.4, 0.5) is 0 Å². The van der Waals surface area contributed by atoms with Crippen molar-refractivity contribution in [3.8, 4) is 0 Å². The number of carbonyl (C=O) groups is 1. The van der Waals surface area contributed by atoms with E-state index in [1.54, 1.807) is 7.05 Å². The lowest BCUT2D eigenvalue weighted by Crippen LogP contribution is -2.48. The fraction of sp³-hybridized carbons (Fsp3) is 0.875. The van der Waals surface area contributed by atoms with Crippen LogP contribution in [0.5, 0.6) is 0 Å². The van der Waals surface area contributed by atoms with Crippen molar-refractivity contribution in [1.82, 2.24) is 15.5 Å². The van der Waals surface area contributed by atoms with Crippen LogP contribution in [0.15, 0.2) is 4.99 Å². The second-order valence-corrected chi connectivity index (χ2v) is 7.79. The molecule has 0 saturated carbocycles. The van der Waals surface area contributed by atoms with Crippen LogP contribution in [0.25, 0.3) is 0 Å². The van der Waals surface area contributed by atoms with E-state index in [9.17, 15) is 4.79 Å². The average Bonchev–Trinajstić information content (AvgIpc) is 2.24. The number of rotatable bonds is 5. The molecular weight excluding hydrogens is 264 g/mol. The minimum atomic E-state index is -0.207. The van der Waals surface area contributed by atoms with Gasteiger partial charge in [-0.25, -0.2) is 0 Å². The number of aliphatic imine (C=N–C) groups is 1. The second kappa shape index (κ2) is 8.25. The number of likely N-dealkylation sites (N-methyl/N-ethyl adjacent to an activating group) is 1. The van der Waals surface area contributed by atoms with Crippen LogP contribution in [0.1, 0.15) is 54.4 Å². The summed E-state index contributed by atoms with van der Waals surface area (Å²) in [4.78, 5) is 18.0. The number of nitrogens with one attached hydrogen (secondary N) is 2. The molecule has 124 valence electrons. The summed E-state index contributed by atoms with van der Waals surface area (Å²) in [6.07, 6.45) is 2.25. The quantitative estimate of drug-likeness (QED) is 0.465. The molecule has 0 rings (SSSR count). The van der Waals surface area contributed by atoms with Crippen molar-refractivity contribution < 1.29 is 4.79 Å². The first kappa shape index (κ1) is 19.7. The summed E-state index contributed by atoms with van der Waals surface area (Å²) in [7, 11) is 3.62. The number of hydrogen-bond acceptors (Lipinski definition) is 2. The molecule has 0 bridgehead atoms. The van der Waals surface area contributed by atoms with Gasteiger partial charge in [0.1, 0.15) is 0 Å². The zero-order chi connectivity index (χ0) is 16.7. The molecule has 0 heterocycles. The van der Waals surface area contributed by atoms with Gasteiger partial charge < -0.3 is 15.5 Å². The van der Waals surface area contributed by atoms with Gasteiger partial charge in [0, 0.05) is 26.2 Å². The monoisotopic (exact) mass is 298 g/mol. The van der Waals surface area contributed by atoms with Crippen molar-refractivity contribution in [3.05, 3.63) is 0 Å². The van der Waals surface area contributed by atoms with Crippen LogP contribution >= 0.6 is 0 Å². The first-order valence-electron chi connectivity index (χ1n) is 7.67. The van der Waals surface area contributed by atoms with E-state index in [4.69, 9.17) is 0 Å². The highest BCUT2D eigenvalue weighted by Gasteiger charge is 2.16. The maximum absolute atomic E-state index is 11.9. The molecule has 5 nitrogen and oxygen atoms in total. The van der Waals surface area contributed by atoms with E-state index in [-0.39, 0.29) is 11.4 Å². The molecule has 0 unspecified atom stereocenters. The van der Waals surface area contributed by atoms with E-state index in [0.29, 0.717) is 12.0 Å². The van der Waals surface area contributed by atoms with E-state index in [2.05, 4.69) is 36.4 Å². The molecule has 5 heteroatoms. The van der Waals surface area contributed by atoms with Gasteiger partial charge in [-0.15, -0.1) is 0 Å². The SMILES string of the molecule is CN=C(NCCCC(C)(C)C)N(C)CC(=O)NC(C)(C)C. The third-order valence-corrected chi connectivity index (χ3v) is 2.86. The van der Waals surface area contributed by atoms with E-state index < -0.39 is 0 Å². The van der Waals surface area contributed by atoms with Gasteiger partial charge in [-0.05, 0) is 39.0 Å². The highest BCUT2D eigenvalue weighted by atomic mass is 16.2. The molecule has 0 aromatic heterocycles. The zero-order valence-corrected chi connectivity index (χ0v) is 15.1. The largest absolute Gasteiger partial charge is 0.356 e. The topological polar surface area (TPSA) is 56.7 Å². The van der Waals surface area contributed by atoms with E-state index in [1.165, 1.54) is 0 Å². The number of carbonyl (C=O) groups excluding carboxylic acids is 1. The Labute approximate surface area is 130 Å². The fourth-order valence-corrected chi connectivity index (χ4v) is 1.95. The van der Waals surface area contributed by atoms with Crippen molar-refractivity contribution in [2.24, 2.45) is 10.4 Å². The van der Waals surface area contributed by atoms with Crippen molar-refractivity contribution in [1.29, 1.82) is 0 Å². The number of hydrogen-bond donors (Lipinski definition) is 2. The standard InChI is InChI=1S/C16H34N4O/c1-15(2,3)10-9-11-18-14(17-7)20(8)12-13(21)19-16(4,5)6/h9-12H2,1-8H3,(H,17,18)(H,19,21). The third-order valence-electron chi connectivity index (χ3n) is 2.86. The molecular formula is C16H34N4O. The maximum atomic E-state index is 11.9. The number of guanidine groups is 1. The summed E-state index contributed by atoms with van der Waals surface area (Å²) in [6.45, 7) is 13.8. The zero-order valence-electron chi connectivity index (χ0n) is 15.1. The number of nitrogens with zero attached hydrogens (tertiary/aromatic N) is 2. The summed E-state index contributed by atoms with van der Waals surface area (Å²) in [5, 5.41) is 6.26. The van der Waals surface area contributed by atoms with Gasteiger partial charge in [-0.3, -0.25) is 9.79 Å². The normalized spacial score (nSPS) is 13.0. The first-order valence-corrected chi connectivity index (χ1v) is 7.67. The predicted molar refractivity (Wildman–Crippen MR) is 90.6 cm³/mol. The first-order chi connectivity index (χ1) is 9.44. The lowest BCUT2D eigenvalue weighted by atomic mass is 9.91. The summed E-state index contributed by atoms with van der Waals surface area (Å²) in [5.41, 5.74) is 0.144. The highest BCUT2D eigenvalue weighted by molar-refractivity contribution is 5.86. The minimum absolute atomic E-state index is 0.00245. The van der Waals surface area contributed by atoms with E-state index >= 15 is 0 Å². The molecule has 21 heavy (non-hydrogen) atoms. The maximum Gasteiger partial charge on any atom is 0.240 e. The van der Waals surface area contributed by atoms with Gasteiger partial charge in [0.2, 0.25) is 5.91 Å². The van der Waals surface area contributed by atoms with Gasteiger partial charge in [-0.1, -0.05) is 20.8 Å². The summed E-state index contributed by atoms with van der Waals surface area (Å²) in [5.74, 6) is 0.760. The minimum Gasteiger partial charge on any atom is -0.356 e. The Morgan fingerprint density at radius 3 is 2.14 bits per heavy atom. The Balaban J connectivity index is 4.20. The van der Waals surface area contributed by atoms with Crippen molar-refractivity contribution in [2.45, 2.75) is 59.9 Å². The fourth-order valence-electron chi connectivity index (χ4n) is 1.95. The summed E-state index contributed by atoms with van der Waals surface area (Å²) < 4.78 is 0. The molecule has 0 fully saturated rings. The third kappa shape index (κ3) is 11.1. The smallest absolute Gasteiger partial charge is 0.240 e. The lowest BCUT2D eigenvalue weighted by Gasteiger charge is -2.25. The molecule has 1 amide bonds. The van der Waals surface area contributed by atoms with Crippen LogP contribution in [-0.2, 0) is 4.79 Å². The molecule has 0 radical (unpaired) electrons. The van der Waals surface area contributed by atoms with Crippen LogP contribution in [0, 0.1) is 5.41 Å². The van der Waals surface area contributed by atoms with Crippen LogP contribution in [0.3, 0.4) is 0 Å². The van der Waals surface area contributed by atoms with Gasteiger partial charge >= 0.3 is 0 Å². The molecule has 0 saturated heterocycles. The molecule has 0 spiro atoms. The van der Waals surface area contributed by atoms with Crippen molar-refractivity contribution in [2.75, 3.05) is 27.2 Å². The molecule has 0 aliphatic carbocycles. The Bertz CT molecular complexity index is 350. The van der Waals surface area contributed by atoms with Gasteiger partial charge in [0.15, 0.2) is 5.96 Å². The Kier molecular flexibility index (Phi) is 7.75. The summed E-state index contributed by atoms with van der Waals surface area (Å²) in [6, 6.07) is 0. The Hall–Kier alpha value is -1.26. The molecule has 0 atom stereocenters. The van der Waals surface area contributed by atoms with Crippen molar-refractivity contribution in [3.63, 3.8) is 0 Å². The molecule has 0 aliphatic heterocycles. The van der Waals surface area contributed by atoms with Gasteiger partial charge in [0.05, 0.1) is 6.54 Å². The molecule has 0 aromatic rings. The van der Waals surface area contributed by atoms with Crippen LogP contribution in [-0.4, -0.2) is 49.5 Å². The van der Waals surface area contributed by atoms with Crippen LogP contribution < -0.4 is 10.6 Å². The van der Waals surface area contributed by atoms with Gasteiger partial charge in [0.25, 0.3) is 0 Å². The predicted octanol–water partition coefficient (Wildman–Crippen LogP) is 2.23. The van der Waals surface area contributed by atoms with E-state index in [1.807, 2.05) is 32.7 Å². The summed E-state index contributed by atoms with van der Waals surface area (Å²) >= 11 is 0. The Morgan fingerprint density at radius 1 is 1.14 bits per heavy atom. The molecule has 2 N–H and O–H groups in total. The lowest BCUT2D eigenvalue weighted by molar-refractivity contribution is -0.122. The molecule has 0 aliphatic rings. The number of amides is 1. The van der Waals surface area contributed by atoms with Gasteiger partial charge in [-0.2, -0.15) is 0 Å². The van der Waals surface area contributed by atoms with Crippen LogP contribution in [0.2, 0.25) is 0 Å². The highest BCUT2D eigenvalue weighted by Crippen LogP contribution is 2.19.